The van der Waals surface area contributed by atoms with Crippen molar-refractivity contribution in [3.63, 3.8) is 0 Å². The van der Waals surface area contributed by atoms with E-state index >= 15 is 0 Å². The van der Waals surface area contributed by atoms with Crippen LogP contribution in [0.2, 0.25) is 5.02 Å². The molecule has 1 heterocycles. The number of hydrogen-bond donors (Lipinski definition) is 3. The van der Waals surface area contributed by atoms with E-state index < -0.39 is 11.8 Å². The lowest BCUT2D eigenvalue weighted by atomic mass is 10.0. The topological polar surface area (TPSA) is 104 Å². The molecule has 26 heavy (non-hydrogen) atoms. The quantitative estimate of drug-likeness (QED) is 0.639. The number of aromatic nitrogens is 1. The molecule has 1 atom stereocenters. The Labute approximate surface area is 153 Å². The van der Waals surface area contributed by atoms with Crippen molar-refractivity contribution in [2.45, 2.75) is 19.4 Å². The highest BCUT2D eigenvalue weighted by Crippen LogP contribution is 2.21. The molecule has 7 nitrogen and oxygen atoms in total. The fraction of sp³-hybridized carbons (Fsp3) is 0.167. The first-order valence-electron chi connectivity index (χ1n) is 7.86. The van der Waals surface area contributed by atoms with E-state index in [9.17, 15) is 14.4 Å². The largest absolute Gasteiger partial charge is 0.417 e. The molecule has 0 radical (unpaired) electrons. The van der Waals surface area contributed by atoms with E-state index in [1.54, 1.807) is 42.5 Å². The van der Waals surface area contributed by atoms with Crippen LogP contribution in [0.5, 0.6) is 0 Å². The SMILES string of the molecule is CC(=O)N[C@@H](CC(=O)Nc1ccc2oc(=O)[nH]c2c1)c1ccc(Cl)cc1. The minimum absolute atomic E-state index is 0.0428. The van der Waals surface area contributed by atoms with Crippen LogP contribution in [0.3, 0.4) is 0 Å². The molecule has 1 aromatic heterocycles. The van der Waals surface area contributed by atoms with Crippen molar-refractivity contribution in [1.29, 1.82) is 0 Å². The summed E-state index contributed by atoms with van der Waals surface area (Å²) in [4.78, 5) is 37.6. The molecule has 0 fully saturated rings. The molecule has 2 amide bonds. The average molecular weight is 374 g/mol. The summed E-state index contributed by atoms with van der Waals surface area (Å²) in [6.07, 6.45) is 0.0428. The lowest BCUT2D eigenvalue weighted by Crippen LogP contribution is -2.29. The molecule has 0 unspecified atom stereocenters. The zero-order valence-corrected chi connectivity index (χ0v) is 14.6. The van der Waals surface area contributed by atoms with E-state index in [-0.39, 0.29) is 18.2 Å². The number of anilines is 1. The second kappa shape index (κ2) is 7.45. The number of aromatic amines is 1. The third kappa shape index (κ3) is 4.31. The third-order valence-electron chi connectivity index (χ3n) is 3.74. The van der Waals surface area contributed by atoms with E-state index in [0.29, 0.717) is 21.8 Å². The summed E-state index contributed by atoms with van der Waals surface area (Å²) in [5.74, 6) is -1.09. The number of amides is 2. The zero-order chi connectivity index (χ0) is 18.7. The molecule has 0 saturated carbocycles. The predicted octanol–water partition coefficient (Wildman–Crippen LogP) is 2.98. The van der Waals surface area contributed by atoms with Crippen molar-refractivity contribution in [2.75, 3.05) is 5.32 Å². The standard InChI is InChI=1S/C18H16ClN3O4/c1-10(23)20-14(11-2-4-12(19)5-3-11)9-17(24)21-13-6-7-16-15(8-13)22-18(25)26-16/h2-8,14H,9H2,1H3,(H,20,23)(H,21,24)(H,22,25)/t14-/m0/s1. The molecular formula is C18H16ClN3O4. The van der Waals surface area contributed by atoms with Crippen molar-refractivity contribution >= 4 is 40.2 Å². The van der Waals surface area contributed by atoms with E-state index in [4.69, 9.17) is 16.0 Å². The number of fused-ring (bicyclic) bond motifs is 1. The average Bonchev–Trinajstić information content (AvgIpc) is 2.93. The molecule has 3 aromatic rings. The van der Waals surface area contributed by atoms with Gasteiger partial charge in [-0.05, 0) is 35.9 Å². The normalized spacial score (nSPS) is 11.9. The van der Waals surface area contributed by atoms with Gasteiger partial charge in [0, 0.05) is 17.6 Å². The van der Waals surface area contributed by atoms with Crippen molar-refractivity contribution in [2.24, 2.45) is 0 Å². The smallest absolute Gasteiger partial charge is 0.408 e. The number of oxazole rings is 1. The number of carbonyl (C=O) groups excluding carboxylic acids is 2. The highest BCUT2D eigenvalue weighted by molar-refractivity contribution is 6.30. The highest BCUT2D eigenvalue weighted by atomic mass is 35.5. The molecule has 3 rings (SSSR count). The molecule has 0 aliphatic rings. The number of nitrogens with one attached hydrogen (secondary N) is 3. The second-order valence-electron chi connectivity index (χ2n) is 5.78. The van der Waals surface area contributed by atoms with Crippen LogP contribution in [-0.2, 0) is 9.59 Å². The Bertz CT molecular complexity index is 1010. The molecule has 0 aliphatic heterocycles. The summed E-state index contributed by atoms with van der Waals surface area (Å²) < 4.78 is 4.92. The summed E-state index contributed by atoms with van der Waals surface area (Å²) in [7, 11) is 0. The van der Waals surface area contributed by atoms with E-state index in [1.807, 2.05) is 0 Å². The van der Waals surface area contributed by atoms with Gasteiger partial charge >= 0.3 is 5.76 Å². The first-order valence-corrected chi connectivity index (χ1v) is 8.24. The maximum absolute atomic E-state index is 12.4. The van der Waals surface area contributed by atoms with Crippen molar-refractivity contribution in [1.82, 2.24) is 10.3 Å². The van der Waals surface area contributed by atoms with Crippen molar-refractivity contribution < 1.29 is 14.0 Å². The molecule has 0 spiro atoms. The molecule has 8 heteroatoms. The Balaban J connectivity index is 1.74. The van der Waals surface area contributed by atoms with E-state index in [2.05, 4.69) is 15.6 Å². The van der Waals surface area contributed by atoms with E-state index in [0.717, 1.165) is 5.56 Å². The van der Waals surface area contributed by atoms with Crippen LogP contribution in [0.4, 0.5) is 5.69 Å². The van der Waals surface area contributed by atoms with Gasteiger partial charge in [-0.2, -0.15) is 0 Å². The Hall–Kier alpha value is -3.06. The van der Waals surface area contributed by atoms with Gasteiger partial charge in [-0.15, -0.1) is 0 Å². The molecular weight excluding hydrogens is 358 g/mol. The lowest BCUT2D eigenvalue weighted by molar-refractivity contribution is -0.120. The van der Waals surface area contributed by atoms with Crippen LogP contribution in [0, 0.1) is 0 Å². The number of H-pyrrole nitrogens is 1. The summed E-state index contributed by atoms with van der Waals surface area (Å²) in [6.45, 7) is 1.39. The van der Waals surface area contributed by atoms with Gasteiger partial charge < -0.3 is 15.1 Å². The van der Waals surface area contributed by atoms with Gasteiger partial charge in [-0.25, -0.2) is 4.79 Å². The van der Waals surface area contributed by atoms with Crippen molar-refractivity contribution in [3.8, 4) is 0 Å². The zero-order valence-electron chi connectivity index (χ0n) is 13.8. The molecule has 2 aromatic carbocycles. The summed E-state index contributed by atoms with van der Waals surface area (Å²) >= 11 is 5.89. The van der Waals surface area contributed by atoms with Crippen LogP contribution in [0.25, 0.3) is 11.1 Å². The van der Waals surface area contributed by atoms with Gasteiger partial charge in [0.05, 0.1) is 18.0 Å². The maximum atomic E-state index is 12.4. The Morgan fingerprint density at radius 2 is 1.92 bits per heavy atom. The fourth-order valence-electron chi connectivity index (χ4n) is 2.62. The monoisotopic (exact) mass is 373 g/mol. The Kier molecular flexibility index (Phi) is 5.09. The molecule has 0 bridgehead atoms. The minimum Gasteiger partial charge on any atom is -0.408 e. The highest BCUT2D eigenvalue weighted by Gasteiger charge is 2.17. The minimum atomic E-state index is -0.558. The number of carbonyl (C=O) groups is 2. The van der Waals surface area contributed by atoms with Crippen LogP contribution in [0.1, 0.15) is 24.9 Å². The van der Waals surface area contributed by atoms with Crippen LogP contribution >= 0.6 is 11.6 Å². The van der Waals surface area contributed by atoms with Gasteiger partial charge in [-0.1, -0.05) is 23.7 Å². The van der Waals surface area contributed by atoms with E-state index in [1.165, 1.54) is 6.92 Å². The van der Waals surface area contributed by atoms with Crippen LogP contribution in [0.15, 0.2) is 51.7 Å². The second-order valence-corrected chi connectivity index (χ2v) is 6.22. The fourth-order valence-corrected chi connectivity index (χ4v) is 2.75. The first kappa shape index (κ1) is 17.8. The summed E-state index contributed by atoms with van der Waals surface area (Å²) in [5.41, 5.74) is 2.18. The van der Waals surface area contributed by atoms with Crippen LogP contribution in [-0.4, -0.2) is 16.8 Å². The molecule has 0 aliphatic carbocycles. The molecule has 0 saturated heterocycles. The lowest BCUT2D eigenvalue weighted by Gasteiger charge is -2.18. The number of halogens is 1. The summed E-state index contributed by atoms with van der Waals surface area (Å²) in [5, 5.41) is 6.08. The van der Waals surface area contributed by atoms with Crippen molar-refractivity contribution in [3.05, 3.63) is 63.6 Å². The first-order chi connectivity index (χ1) is 12.4. The number of benzene rings is 2. The van der Waals surface area contributed by atoms with Gasteiger partial charge in [0.25, 0.3) is 0 Å². The molecule has 134 valence electrons. The van der Waals surface area contributed by atoms with Gasteiger partial charge in [0.2, 0.25) is 11.8 Å². The van der Waals surface area contributed by atoms with Gasteiger partial charge in [0.15, 0.2) is 5.58 Å². The summed E-state index contributed by atoms with van der Waals surface area (Å²) in [6, 6.07) is 11.3. The van der Waals surface area contributed by atoms with Gasteiger partial charge in [-0.3, -0.25) is 14.6 Å². The maximum Gasteiger partial charge on any atom is 0.417 e. The molecule has 3 N–H and O–H groups in total. The van der Waals surface area contributed by atoms with Crippen LogP contribution < -0.4 is 16.4 Å². The number of hydrogen-bond acceptors (Lipinski definition) is 4. The number of rotatable bonds is 5. The third-order valence-corrected chi connectivity index (χ3v) is 3.99. The Morgan fingerprint density at radius 1 is 1.19 bits per heavy atom. The van der Waals surface area contributed by atoms with Gasteiger partial charge in [0.1, 0.15) is 0 Å². The Morgan fingerprint density at radius 3 is 2.62 bits per heavy atom. The predicted molar refractivity (Wildman–Crippen MR) is 98.1 cm³/mol.